The Bertz CT molecular complexity index is 276. The van der Waals surface area contributed by atoms with Crippen LogP contribution < -0.4 is 10.6 Å². The molecule has 2 heterocycles. The fourth-order valence-corrected chi connectivity index (χ4v) is 2.73. The number of nitrogens with zero attached hydrogens (tertiary/aromatic N) is 2. The predicted octanol–water partition coefficient (Wildman–Crippen LogP) is -0.652. The van der Waals surface area contributed by atoms with Gasteiger partial charge in [-0.25, -0.2) is 0 Å². The summed E-state index contributed by atoms with van der Waals surface area (Å²) in [4.78, 5) is 16.6. The summed E-state index contributed by atoms with van der Waals surface area (Å²) in [5, 5.41) is 6.41. The summed E-state index contributed by atoms with van der Waals surface area (Å²) in [6.07, 6.45) is 2.41. The Hall–Kier alpha value is -0.650. The number of carbonyl (C=O) groups is 1. The van der Waals surface area contributed by atoms with Crippen molar-refractivity contribution >= 4 is 5.91 Å². The van der Waals surface area contributed by atoms with Crippen LogP contribution in [0.4, 0.5) is 0 Å². The lowest BCUT2D eigenvalue weighted by molar-refractivity contribution is -0.126. The summed E-state index contributed by atoms with van der Waals surface area (Å²) in [7, 11) is 4.19. The second kappa shape index (κ2) is 6.50. The van der Waals surface area contributed by atoms with Crippen LogP contribution in [0.1, 0.15) is 12.8 Å². The molecule has 2 fully saturated rings. The lowest BCUT2D eigenvalue weighted by Crippen LogP contribution is -2.56. The zero-order valence-corrected chi connectivity index (χ0v) is 11.6. The van der Waals surface area contributed by atoms with Gasteiger partial charge in [-0.05, 0) is 45.9 Å². The molecule has 0 aliphatic carbocycles. The highest BCUT2D eigenvalue weighted by atomic mass is 16.2. The fourth-order valence-electron chi connectivity index (χ4n) is 2.73. The normalized spacial score (nSPS) is 28.2. The van der Waals surface area contributed by atoms with Crippen molar-refractivity contribution in [3.05, 3.63) is 0 Å². The summed E-state index contributed by atoms with van der Waals surface area (Å²) in [6, 6.07) is 0.00464. The van der Waals surface area contributed by atoms with E-state index in [0.717, 1.165) is 39.3 Å². The van der Waals surface area contributed by atoms with Crippen LogP contribution in [-0.4, -0.2) is 75.1 Å². The van der Waals surface area contributed by atoms with Crippen LogP contribution >= 0.6 is 0 Å². The smallest absolute Gasteiger partial charge is 0.238 e. The van der Waals surface area contributed by atoms with Gasteiger partial charge in [-0.15, -0.1) is 0 Å². The van der Waals surface area contributed by atoms with E-state index in [1.165, 1.54) is 12.8 Å². The third kappa shape index (κ3) is 3.67. The van der Waals surface area contributed by atoms with Crippen LogP contribution in [0, 0.1) is 5.92 Å². The Kier molecular flexibility index (Phi) is 4.97. The van der Waals surface area contributed by atoms with Gasteiger partial charge in [-0.3, -0.25) is 9.69 Å². The maximum Gasteiger partial charge on any atom is 0.238 e. The Morgan fingerprint density at radius 1 is 1.28 bits per heavy atom. The lowest BCUT2D eigenvalue weighted by atomic mass is 9.97. The fraction of sp³-hybridized carbons (Fsp3) is 0.923. The van der Waals surface area contributed by atoms with Crippen LogP contribution in [-0.2, 0) is 4.79 Å². The minimum Gasteiger partial charge on any atom is -0.354 e. The van der Waals surface area contributed by atoms with E-state index in [4.69, 9.17) is 0 Å². The Labute approximate surface area is 110 Å². The minimum absolute atomic E-state index is 0.00464. The van der Waals surface area contributed by atoms with Gasteiger partial charge in [-0.2, -0.15) is 0 Å². The number of nitrogens with one attached hydrogen (secondary N) is 2. The topological polar surface area (TPSA) is 47.6 Å². The summed E-state index contributed by atoms with van der Waals surface area (Å²) in [5.41, 5.74) is 0. The second-order valence-corrected chi connectivity index (χ2v) is 5.69. The molecule has 0 aromatic rings. The molecule has 0 radical (unpaired) electrons. The van der Waals surface area contributed by atoms with Crippen LogP contribution in [0.25, 0.3) is 0 Å². The molecule has 2 N–H and O–H groups in total. The van der Waals surface area contributed by atoms with Crippen molar-refractivity contribution in [3.8, 4) is 0 Å². The van der Waals surface area contributed by atoms with Gasteiger partial charge in [0.25, 0.3) is 0 Å². The third-order valence-corrected chi connectivity index (χ3v) is 4.22. The molecule has 2 aliphatic rings. The van der Waals surface area contributed by atoms with E-state index in [-0.39, 0.29) is 11.9 Å². The van der Waals surface area contributed by atoms with Crippen LogP contribution in [0.3, 0.4) is 0 Å². The van der Waals surface area contributed by atoms with E-state index >= 15 is 0 Å². The SMILES string of the molecule is CN1CCC(CNC(=O)C2CNCCN2C)CC1. The molecule has 104 valence electrons. The molecule has 2 aliphatic heterocycles. The number of piperidine rings is 1. The van der Waals surface area contributed by atoms with Gasteiger partial charge in [0.2, 0.25) is 5.91 Å². The third-order valence-electron chi connectivity index (χ3n) is 4.22. The van der Waals surface area contributed by atoms with Gasteiger partial charge in [0, 0.05) is 26.2 Å². The van der Waals surface area contributed by atoms with E-state index in [9.17, 15) is 4.79 Å². The number of rotatable bonds is 3. The number of piperazine rings is 1. The predicted molar refractivity (Wildman–Crippen MR) is 72.5 cm³/mol. The molecule has 1 amide bonds. The molecular weight excluding hydrogens is 228 g/mol. The lowest BCUT2D eigenvalue weighted by Gasteiger charge is -2.33. The molecule has 5 heteroatoms. The molecule has 0 saturated carbocycles. The van der Waals surface area contributed by atoms with E-state index in [1.54, 1.807) is 0 Å². The van der Waals surface area contributed by atoms with Crippen molar-refractivity contribution in [2.75, 3.05) is 53.4 Å². The number of hydrogen-bond acceptors (Lipinski definition) is 4. The maximum absolute atomic E-state index is 12.1. The maximum atomic E-state index is 12.1. The molecule has 2 rings (SSSR count). The average Bonchev–Trinajstić information content (AvgIpc) is 2.38. The van der Waals surface area contributed by atoms with E-state index in [2.05, 4.69) is 27.5 Å². The molecule has 1 atom stereocenters. The Morgan fingerprint density at radius 2 is 2.00 bits per heavy atom. The summed E-state index contributed by atoms with van der Waals surface area (Å²) < 4.78 is 0. The molecule has 5 nitrogen and oxygen atoms in total. The standard InChI is InChI=1S/C13H26N4O/c1-16-6-3-11(4-7-16)9-15-13(18)12-10-14-5-8-17(12)2/h11-12,14H,3-10H2,1-2H3,(H,15,18). The Morgan fingerprint density at radius 3 is 2.67 bits per heavy atom. The zero-order valence-electron chi connectivity index (χ0n) is 11.6. The van der Waals surface area contributed by atoms with Gasteiger partial charge in [0.15, 0.2) is 0 Å². The number of likely N-dealkylation sites (tertiary alicyclic amines) is 1. The van der Waals surface area contributed by atoms with Gasteiger partial charge in [0.05, 0.1) is 0 Å². The molecule has 0 spiro atoms. The quantitative estimate of drug-likeness (QED) is 0.702. The number of carbonyl (C=O) groups excluding carboxylic acids is 1. The van der Waals surface area contributed by atoms with Crippen LogP contribution in [0.2, 0.25) is 0 Å². The minimum atomic E-state index is 0.00464. The van der Waals surface area contributed by atoms with Crippen molar-refractivity contribution < 1.29 is 4.79 Å². The highest BCUT2D eigenvalue weighted by Crippen LogP contribution is 2.14. The first-order chi connectivity index (χ1) is 8.66. The highest BCUT2D eigenvalue weighted by molar-refractivity contribution is 5.82. The van der Waals surface area contributed by atoms with Crippen molar-refractivity contribution in [1.82, 2.24) is 20.4 Å². The highest BCUT2D eigenvalue weighted by Gasteiger charge is 2.26. The van der Waals surface area contributed by atoms with Gasteiger partial charge < -0.3 is 15.5 Å². The van der Waals surface area contributed by atoms with Crippen molar-refractivity contribution in [3.63, 3.8) is 0 Å². The van der Waals surface area contributed by atoms with Crippen molar-refractivity contribution in [2.24, 2.45) is 5.92 Å². The van der Waals surface area contributed by atoms with Gasteiger partial charge in [0.1, 0.15) is 6.04 Å². The first kappa shape index (κ1) is 13.8. The molecule has 18 heavy (non-hydrogen) atoms. The molecular formula is C13H26N4O. The molecule has 0 aromatic heterocycles. The van der Waals surface area contributed by atoms with E-state index < -0.39 is 0 Å². The monoisotopic (exact) mass is 254 g/mol. The van der Waals surface area contributed by atoms with E-state index in [0.29, 0.717) is 5.92 Å². The first-order valence-electron chi connectivity index (χ1n) is 7.04. The van der Waals surface area contributed by atoms with Crippen molar-refractivity contribution in [2.45, 2.75) is 18.9 Å². The molecule has 0 bridgehead atoms. The first-order valence-corrected chi connectivity index (χ1v) is 7.04. The second-order valence-electron chi connectivity index (χ2n) is 5.69. The number of amides is 1. The number of likely N-dealkylation sites (N-methyl/N-ethyl adjacent to an activating group) is 1. The zero-order chi connectivity index (χ0) is 13.0. The number of hydrogen-bond donors (Lipinski definition) is 2. The van der Waals surface area contributed by atoms with Crippen LogP contribution in [0.15, 0.2) is 0 Å². The summed E-state index contributed by atoms with van der Waals surface area (Å²) >= 11 is 0. The summed E-state index contributed by atoms with van der Waals surface area (Å²) in [5.74, 6) is 0.843. The van der Waals surface area contributed by atoms with Gasteiger partial charge in [-0.1, -0.05) is 0 Å². The Balaban J connectivity index is 1.71. The summed E-state index contributed by atoms with van der Waals surface area (Å²) in [6.45, 7) is 5.87. The largest absolute Gasteiger partial charge is 0.354 e. The van der Waals surface area contributed by atoms with E-state index in [1.807, 2.05) is 7.05 Å². The van der Waals surface area contributed by atoms with Crippen molar-refractivity contribution in [1.29, 1.82) is 0 Å². The van der Waals surface area contributed by atoms with Crippen LogP contribution in [0.5, 0.6) is 0 Å². The average molecular weight is 254 g/mol. The molecule has 2 saturated heterocycles. The van der Waals surface area contributed by atoms with Gasteiger partial charge >= 0.3 is 0 Å². The molecule has 1 unspecified atom stereocenters. The molecule has 0 aromatic carbocycles.